The van der Waals surface area contributed by atoms with Crippen LogP contribution in [0.4, 0.5) is 0 Å². The number of amides is 1. The summed E-state index contributed by atoms with van der Waals surface area (Å²) < 4.78 is 0. The molecule has 0 spiro atoms. The summed E-state index contributed by atoms with van der Waals surface area (Å²) in [5.41, 5.74) is 1.23. The number of aromatic nitrogens is 2. The Labute approximate surface area is 140 Å². The quantitative estimate of drug-likeness (QED) is 0.448. The Morgan fingerprint density at radius 2 is 2.09 bits per heavy atom. The molecule has 2 heterocycles. The Balaban J connectivity index is 1.88. The number of nitrogens with zero attached hydrogens (tertiary/aromatic N) is 2. The van der Waals surface area contributed by atoms with Gasteiger partial charge in [0.25, 0.3) is 0 Å². The SMILES string of the molecule is CCCCCCNC(=O)CSc1ncnc2sc(C)c(C)c12. The average Bonchev–Trinajstić information content (AvgIpc) is 2.80. The Morgan fingerprint density at radius 1 is 1.27 bits per heavy atom. The first kappa shape index (κ1) is 17.2. The molecule has 0 radical (unpaired) electrons. The second-order valence-corrected chi connectivity index (χ2v) is 7.51. The Hall–Kier alpha value is -1.14. The number of nitrogens with one attached hydrogen (secondary N) is 1. The second-order valence-electron chi connectivity index (χ2n) is 5.34. The Kier molecular flexibility index (Phi) is 6.64. The normalized spacial score (nSPS) is 11.0. The van der Waals surface area contributed by atoms with Crippen LogP contribution >= 0.6 is 23.1 Å². The van der Waals surface area contributed by atoms with Gasteiger partial charge in [-0.25, -0.2) is 9.97 Å². The summed E-state index contributed by atoms with van der Waals surface area (Å²) in [5.74, 6) is 0.492. The summed E-state index contributed by atoms with van der Waals surface area (Å²) in [6.07, 6.45) is 6.28. The predicted molar refractivity (Wildman–Crippen MR) is 94.8 cm³/mol. The van der Waals surface area contributed by atoms with Crippen LogP contribution in [0, 0.1) is 13.8 Å². The molecule has 120 valence electrons. The van der Waals surface area contributed by atoms with Crippen molar-refractivity contribution in [1.29, 1.82) is 0 Å². The predicted octanol–water partition coefficient (Wildman–Crippen LogP) is 4.10. The first-order chi connectivity index (χ1) is 10.6. The van der Waals surface area contributed by atoms with Gasteiger partial charge in [-0.05, 0) is 25.8 Å². The number of carbonyl (C=O) groups excluding carboxylic acids is 1. The molecule has 2 aromatic heterocycles. The van der Waals surface area contributed by atoms with Gasteiger partial charge in [-0.15, -0.1) is 11.3 Å². The van der Waals surface area contributed by atoms with E-state index >= 15 is 0 Å². The standard InChI is InChI=1S/C16H23N3OS2/c1-4-5-6-7-8-17-13(20)9-21-15-14-11(2)12(3)22-16(14)19-10-18-15/h10H,4-9H2,1-3H3,(H,17,20). The lowest BCUT2D eigenvalue weighted by Gasteiger charge is -2.05. The van der Waals surface area contributed by atoms with Gasteiger partial charge >= 0.3 is 0 Å². The van der Waals surface area contributed by atoms with Gasteiger partial charge in [0.2, 0.25) is 5.91 Å². The largest absolute Gasteiger partial charge is 0.355 e. The fraction of sp³-hybridized carbons (Fsp3) is 0.562. The van der Waals surface area contributed by atoms with E-state index in [1.54, 1.807) is 17.7 Å². The van der Waals surface area contributed by atoms with Crippen LogP contribution in [0.25, 0.3) is 10.2 Å². The van der Waals surface area contributed by atoms with Crippen LogP contribution in [-0.4, -0.2) is 28.2 Å². The highest BCUT2D eigenvalue weighted by atomic mass is 32.2. The van der Waals surface area contributed by atoms with Crippen molar-refractivity contribution in [3.05, 3.63) is 16.8 Å². The Morgan fingerprint density at radius 3 is 2.86 bits per heavy atom. The lowest BCUT2D eigenvalue weighted by Crippen LogP contribution is -2.26. The van der Waals surface area contributed by atoms with Crippen molar-refractivity contribution in [2.75, 3.05) is 12.3 Å². The van der Waals surface area contributed by atoms with E-state index < -0.39 is 0 Å². The maximum Gasteiger partial charge on any atom is 0.230 e. The molecule has 1 N–H and O–H groups in total. The van der Waals surface area contributed by atoms with Gasteiger partial charge in [0.15, 0.2) is 0 Å². The van der Waals surface area contributed by atoms with Crippen LogP contribution in [0.2, 0.25) is 0 Å². The molecule has 0 fully saturated rings. The molecule has 0 saturated carbocycles. The summed E-state index contributed by atoms with van der Waals surface area (Å²) >= 11 is 3.18. The van der Waals surface area contributed by atoms with E-state index in [2.05, 4.69) is 36.1 Å². The molecule has 1 amide bonds. The van der Waals surface area contributed by atoms with Crippen LogP contribution in [0.15, 0.2) is 11.4 Å². The maximum absolute atomic E-state index is 11.9. The van der Waals surface area contributed by atoms with Gasteiger partial charge in [0, 0.05) is 16.8 Å². The summed E-state index contributed by atoms with van der Waals surface area (Å²) in [6.45, 7) is 7.15. The molecular weight excluding hydrogens is 314 g/mol. The van der Waals surface area contributed by atoms with E-state index in [1.807, 2.05) is 0 Å². The van der Waals surface area contributed by atoms with E-state index in [0.717, 1.165) is 28.2 Å². The number of carbonyl (C=O) groups is 1. The minimum absolute atomic E-state index is 0.0814. The van der Waals surface area contributed by atoms with Crippen LogP contribution < -0.4 is 5.32 Å². The van der Waals surface area contributed by atoms with Gasteiger partial charge in [0.05, 0.1) is 5.75 Å². The van der Waals surface area contributed by atoms with Gasteiger partial charge in [0.1, 0.15) is 16.2 Å². The van der Waals surface area contributed by atoms with Crippen LogP contribution in [-0.2, 0) is 4.79 Å². The van der Waals surface area contributed by atoms with Crippen molar-refractivity contribution < 1.29 is 4.79 Å². The molecule has 2 rings (SSSR count). The molecule has 0 aliphatic heterocycles. The first-order valence-electron chi connectivity index (χ1n) is 7.73. The lowest BCUT2D eigenvalue weighted by atomic mass is 10.2. The zero-order valence-corrected chi connectivity index (χ0v) is 15.1. The topological polar surface area (TPSA) is 54.9 Å². The van der Waals surface area contributed by atoms with Gasteiger partial charge in [-0.3, -0.25) is 4.79 Å². The van der Waals surface area contributed by atoms with E-state index in [9.17, 15) is 4.79 Å². The van der Waals surface area contributed by atoms with E-state index in [1.165, 1.54) is 41.5 Å². The number of unbranched alkanes of at least 4 members (excludes halogenated alkanes) is 3. The fourth-order valence-electron chi connectivity index (χ4n) is 2.22. The smallest absolute Gasteiger partial charge is 0.230 e. The summed E-state index contributed by atoms with van der Waals surface area (Å²) in [5, 5.41) is 4.99. The van der Waals surface area contributed by atoms with Gasteiger partial charge in [-0.1, -0.05) is 37.9 Å². The van der Waals surface area contributed by atoms with Crippen molar-refractivity contribution in [3.8, 4) is 0 Å². The minimum atomic E-state index is 0.0814. The minimum Gasteiger partial charge on any atom is -0.355 e. The van der Waals surface area contributed by atoms with E-state index in [-0.39, 0.29) is 5.91 Å². The number of thioether (sulfide) groups is 1. The third-order valence-corrected chi connectivity index (χ3v) is 5.73. The van der Waals surface area contributed by atoms with Crippen molar-refractivity contribution in [2.45, 2.75) is 51.5 Å². The first-order valence-corrected chi connectivity index (χ1v) is 9.54. The molecule has 0 aliphatic carbocycles. The van der Waals surface area contributed by atoms with Crippen molar-refractivity contribution >= 4 is 39.2 Å². The average molecular weight is 338 g/mol. The van der Waals surface area contributed by atoms with Crippen molar-refractivity contribution in [3.63, 3.8) is 0 Å². The monoisotopic (exact) mass is 337 g/mol. The summed E-state index contributed by atoms with van der Waals surface area (Å²) in [6, 6.07) is 0. The molecule has 0 atom stereocenters. The molecule has 4 nitrogen and oxygen atoms in total. The second kappa shape index (κ2) is 8.48. The zero-order valence-electron chi connectivity index (χ0n) is 13.4. The maximum atomic E-state index is 11.9. The molecule has 0 unspecified atom stereocenters. The van der Waals surface area contributed by atoms with Crippen LogP contribution in [0.3, 0.4) is 0 Å². The molecule has 6 heteroatoms. The fourth-order valence-corrected chi connectivity index (χ4v) is 4.17. The third-order valence-electron chi connectivity index (χ3n) is 3.62. The number of hydrogen-bond acceptors (Lipinski definition) is 5. The van der Waals surface area contributed by atoms with Crippen LogP contribution in [0.1, 0.15) is 43.0 Å². The summed E-state index contributed by atoms with van der Waals surface area (Å²) in [7, 11) is 0. The molecular formula is C16H23N3OS2. The highest BCUT2D eigenvalue weighted by molar-refractivity contribution is 8.00. The number of aryl methyl sites for hydroxylation is 2. The number of hydrogen-bond donors (Lipinski definition) is 1. The number of fused-ring (bicyclic) bond motifs is 1. The van der Waals surface area contributed by atoms with E-state index in [0.29, 0.717) is 5.75 Å². The molecule has 2 aromatic rings. The lowest BCUT2D eigenvalue weighted by molar-refractivity contribution is -0.118. The van der Waals surface area contributed by atoms with Gasteiger partial charge in [-0.2, -0.15) is 0 Å². The van der Waals surface area contributed by atoms with Gasteiger partial charge < -0.3 is 5.32 Å². The highest BCUT2D eigenvalue weighted by Crippen LogP contribution is 2.34. The molecule has 0 saturated heterocycles. The Bertz CT molecular complexity index is 640. The molecule has 0 aromatic carbocycles. The molecule has 0 aliphatic rings. The third kappa shape index (κ3) is 4.43. The number of thiophene rings is 1. The van der Waals surface area contributed by atoms with E-state index in [4.69, 9.17) is 0 Å². The molecule has 0 bridgehead atoms. The van der Waals surface area contributed by atoms with Crippen molar-refractivity contribution in [2.24, 2.45) is 0 Å². The summed E-state index contributed by atoms with van der Waals surface area (Å²) in [4.78, 5) is 22.8. The van der Waals surface area contributed by atoms with Crippen molar-refractivity contribution in [1.82, 2.24) is 15.3 Å². The van der Waals surface area contributed by atoms with Crippen LogP contribution in [0.5, 0.6) is 0 Å². The number of rotatable bonds is 8. The highest BCUT2D eigenvalue weighted by Gasteiger charge is 2.13. The zero-order chi connectivity index (χ0) is 15.9. The molecule has 22 heavy (non-hydrogen) atoms.